The van der Waals surface area contributed by atoms with E-state index in [4.69, 9.17) is 9.72 Å². The van der Waals surface area contributed by atoms with Gasteiger partial charge in [0, 0.05) is 17.4 Å². The number of carbonyl (C=O) groups is 1. The van der Waals surface area contributed by atoms with E-state index in [0.29, 0.717) is 12.1 Å². The second-order valence-electron chi connectivity index (χ2n) is 8.13. The number of aromatic nitrogens is 1. The monoisotopic (exact) mass is 416 g/mol. The van der Waals surface area contributed by atoms with E-state index in [0.717, 1.165) is 27.0 Å². The summed E-state index contributed by atoms with van der Waals surface area (Å²) >= 11 is 1.56. The molecule has 0 fully saturated rings. The summed E-state index contributed by atoms with van der Waals surface area (Å²) < 4.78 is 6.43. The van der Waals surface area contributed by atoms with Gasteiger partial charge in [-0.1, -0.05) is 60.7 Å². The Bertz CT molecular complexity index is 1160. The number of amides is 1. The van der Waals surface area contributed by atoms with Crippen LogP contribution in [0.25, 0.3) is 21.3 Å². The number of benzene rings is 2. The molecule has 0 spiro atoms. The molecule has 30 heavy (non-hydrogen) atoms. The lowest BCUT2D eigenvalue weighted by atomic mass is 9.99. The predicted octanol–water partition coefficient (Wildman–Crippen LogP) is 6.90. The second kappa shape index (κ2) is 8.28. The van der Waals surface area contributed by atoms with Gasteiger partial charge in [-0.05, 0) is 38.0 Å². The topological polar surface area (TPSA) is 51.2 Å². The van der Waals surface area contributed by atoms with Gasteiger partial charge >= 0.3 is 6.09 Å². The first-order valence-electron chi connectivity index (χ1n) is 9.89. The zero-order chi connectivity index (χ0) is 21.1. The number of anilines is 1. The Kier molecular flexibility index (Phi) is 5.55. The Morgan fingerprint density at radius 1 is 1.03 bits per heavy atom. The molecule has 1 N–H and O–H groups in total. The summed E-state index contributed by atoms with van der Waals surface area (Å²) in [6, 6.07) is 22.8. The van der Waals surface area contributed by atoms with Crippen molar-refractivity contribution in [3.05, 3.63) is 83.4 Å². The number of pyridine rings is 1. The third kappa shape index (κ3) is 4.69. The fraction of sp³-hybridized carbons (Fsp3) is 0.200. The molecule has 0 aliphatic carbocycles. The number of nitrogens with one attached hydrogen (secondary N) is 1. The molecule has 4 nitrogen and oxygen atoms in total. The van der Waals surface area contributed by atoms with E-state index < -0.39 is 11.7 Å². The lowest BCUT2D eigenvalue weighted by Gasteiger charge is -2.19. The third-order valence-electron chi connectivity index (χ3n) is 4.56. The van der Waals surface area contributed by atoms with Crippen LogP contribution in [0.2, 0.25) is 0 Å². The van der Waals surface area contributed by atoms with Crippen molar-refractivity contribution in [3.8, 4) is 11.1 Å². The summed E-state index contributed by atoms with van der Waals surface area (Å²) in [5.41, 5.74) is 5.33. The molecule has 0 saturated carbocycles. The van der Waals surface area contributed by atoms with E-state index in [1.807, 2.05) is 62.5 Å². The average Bonchev–Trinajstić information content (AvgIpc) is 3.09. The summed E-state index contributed by atoms with van der Waals surface area (Å²) in [6.45, 7) is 5.54. The molecule has 2 aromatic heterocycles. The van der Waals surface area contributed by atoms with Crippen LogP contribution in [-0.2, 0) is 11.2 Å². The maximum absolute atomic E-state index is 12.3. The van der Waals surface area contributed by atoms with Gasteiger partial charge in [-0.15, -0.1) is 11.3 Å². The number of hydrogen-bond donors (Lipinski definition) is 1. The van der Waals surface area contributed by atoms with Gasteiger partial charge in [0.05, 0.1) is 16.1 Å². The zero-order valence-electron chi connectivity index (χ0n) is 17.3. The van der Waals surface area contributed by atoms with Crippen LogP contribution >= 0.6 is 11.3 Å². The lowest BCUT2D eigenvalue weighted by Crippen LogP contribution is -2.27. The molecule has 0 bridgehead atoms. The highest BCUT2D eigenvalue weighted by Crippen LogP contribution is 2.35. The Morgan fingerprint density at radius 2 is 1.70 bits per heavy atom. The van der Waals surface area contributed by atoms with Crippen molar-refractivity contribution in [2.24, 2.45) is 0 Å². The number of thiophene rings is 1. The molecule has 2 aromatic carbocycles. The van der Waals surface area contributed by atoms with Crippen LogP contribution in [-0.4, -0.2) is 16.7 Å². The van der Waals surface area contributed by atoms with Crippen molar-refractivity contribution in [2.75, 3.05) is 5.32 Å². The van der Waals surface area contributed by atoms with Crippen molar-refractivity contribution in [1.29, 1.82) is 0 Å². The summed E-state index contributed by atoms with van der Waals surface area (Å²) in [4.78, 5) is 17.3. The molecule has 0 radical (unpaired) electrons. The predicted molar refractivity (Wildman–Crippen MR) is 124 cm³/mol. The Labute approximate surface area is 180 Å². The van der Waals surface area contributed by atoms with Crippen LogP contribution < -0.4 is 5.32 Å². The maximum Gasteiger partial charge on any atom is 0.412 e. The standard InChI is InChI=1S/C25H24N2O2S/c1-25(2,3)29-24(28)27-21-16-30-22-15-19(18-12-8-5-9-13-18)20(26-23(21)22)14-17-10-6-4-7-11-17/h4-13,15-16H,14H2,1-3H3,(H,27,28). The van der Waals surface area contributed by atoms with E-state index in [1.165, 1.54) is 5.56 Å². The second-order valence-corrected chi connectivity index (χ2v) is 9.05. The SMILES string of the molecule is CC(C)(C)OC(=O)Nc1csc2cc(-c3ccccc3)c(Cc3ccccc3)nc12. The normalized spacial score (nSPS) is 11.4. The highest BCUT2D eigenvalue weighted by atomic mass is 32.1. The largest absolute Gasteiger partial charge is 0.444 e. The molecule has 0 unspecified atom stereocenters. The lowest BCUT2D eigenvalue weighted by molar-refractivity contribution is 0.0636. The molecule has 0 aliphatic heterocycles. The molecular formula is C25H24N2O2S. The van der Waals surface area contributed by atoms with Gasteiger partial charge in [-0.3, -0.25) is 5.32 Å². The molecule has 1 amide bonds. The molecule has 0 aliphatic rings. The average molecular weight is 417 g/mol. The molecule has 0 saturated heterocycles. The van der Waals surface area contributed by atoms with E-state index in [9.17, 15) is 4.79 Å². The molecule has 152 valence electrons. The van der Waals surface area contributed by atoms with Gasteiger partial charge in [0.2, 0.25) is 0 Å². The first-order chi connectivity index (χ1) is 14.4. The highest BCUT2D eigenvalue weighted by Gasteiger charge is 2.19. The molecule has 4 aromatic rings. The van der Waals surface area contributed by atoms with Crippen LogP contribution in [0.5, 0.6) is 0 Å². The van der Waals surface area contributed by atoms with Gasteiger partial charge in [0.15, 0.2) is 0 Å². The highest BCUT2D eigenvalue weighted by molar-refractivity contribution is 7.17. The maximum atomic E-state index is 12.3. The Hall–Kier alpha value is -3.18. The van der Waals surface area contributed by atoms with Gasteiger partial charge in [0.1, 0.15) is 11.1 Å². The number of nitrogens with zero attached hydrogens (tertiary/aromatic N) is 1. The molecule has 0 atom stereocenters. The smallest absolute Gasteiger partial charge is 0.412 e. The number of fused-ring (bicyclic) bond motifs is 1. The summed E-state index contributed by atoms with van der Waals surface area (Å²) in [5, 5.41) is 4.78. The van der Waals surface area contributed by atoms with Gasteiger partial charge in [-0.2, -0.15) is 0 Å². The fourth-order valence-electron chi connectivity index (χ4n) is 3.29. The minimum Gasteiger partial charge on any atom is -0.444 e. The van der Waals surface area contributed by atoms with Gasteiger partial charge < -0.3 is 4.74 Å². The Balaban J connectivity index is 1.76. The van der Waals surface area contributed by atoms with Crippen LogP contribution in [0.1, 0.15) is 32.0 Å². The Morgan fingerprint density at radius 3 is 2.37 bits per heavy atom. The van der Waals surface area contributed by atoms with Crippen LogP contribution in [0.3, 0.4) is 0 Å². The van der Waals surface area contributed by atoms with E-state index >= 15 is 0 Å². The molecule has 2 heterocycles. The minimum absolute atomic E-state index is 0.472. The van der Waals surface area contributed by atoms with Crippen LogP contribution in [0.15, 0.2) is 72.1 Å². The van der Waals surface area contributed by atoms with Crippen LogP contribution in [0.4, 0.5) is 10.5 Å². The molecular weight excluding hydrogens is 392 g/mol. The van der Waals surface area contributed by atoms with E-state index in [-0.39, 0.29) is 0 Å². The number of ether oxygens (including phenoxy) is 1. The van der Waals surface area contributed by atoms with Crippen LogP contribution in [0, 0.1) is 0 Å². The molecule has 4 rings (SSSR count). The fourth-order valence-corrected chi connectivity index (χ4v) is 4.16. The van der Waals surface area contributed by atoms with Crippen molar-refractivity contribution in [3.63, 3.8) is 0 Å². The van der Waals surface area contributed by atoms with Gasteiger partial charge in [-0.25, -0.2) is 9.78 Å². The molecule has 5 heteroatoms. The zero-order valence-corrected chi connectivity index (χ0v) is 18.1. The number of carbonyl (C=O) groups excluding carboxylic acids is 1. The number of rotatable bonds is 4. The van der Waals surface area contributed by atoms with Gasteiger partial charge in [0.25, 0.3) is 0 Å². The van der Waals surface area contributed by atoms with Crippen molar-refractivity contribution in [1.82, 2.24) is 4.98 Å². The number of hydrogen-bond acceptors (Lipinski definition) is 4. The van der Waals surface area contributed by atoms with E-state index in [1.54, 1.807) is 11.3 Å². The summed E-state index contributed by atoms with van der Waals surface area (Å²) in [7, 11) is 0. The first-order valence-corrected chi connectivity index (χ1v) is 10.8. The van der Waals surface area contributed by atoms with Crippen molar-refractivity contribution >= 4 is 33.3 Å². The quantitative estimate of drug-likeness (QED) is 0.394. The van der Waals surface area contributed by atoms with E-state index in [2.05, 4.69) is 35.6 Å². The van der Waals surface area contributed by atoms with Crippen molar-refractivity contribution in [2.45, 2.75) is 32.8 Å². The minimum atomic E-state index is -0.553. The van der Waals surface area contributed by atoms with Crippen molar-refractivity contribution < 1.29 is 9.53 Å². The summed E-state index contributed by atoms with van der Waals surface area (Å²) in [6.07, 6.45) is 0.240. The first kappa shape index (κ1) is 20.1. The summed E-state index contributed by atoms with van der Waals surface area (Å²) in [5.74, 6) is 0. The third-order valence-corrected chi connectivity index (χ3v) is 5.48.